The van der Waals surface area contributed by atoms with Gasteiger partial charge in [-0.1, -0.05) is 0 Å². The van der Waals surface area contributed by atoms with Gasteiger partial charge in [0.2, 0.25) is 0 Å². The molecule has 12 heavy (non-hydrogen) atoms. The molecule has 0 radical (unpaired) electrons. The van der Waals surface area contributed by atoms with Gasteiger partial charge >= 0.3 is 0 Å². The second-order valence-corrected chi connectivity index (χ2v) is 3.42. The van der Waals surface area contributed by atoms with Gasteiger partial charge in [0.25, 0.3) is 0 Å². The largest absolute Gasteiger partial charge is 0.371 e. The van der Waals surface area contributed by atoms with Crippen molar-refractivity contribution < 1.29 is 4.57 Å². The van der Waals surface area contributed by atoms with E-state index < -0.39 is 0 Å². The fraction of sp³-hybridized carbons (Fsp3) is 0.500. The molecule has 1 fully saturated rings. The number of nitrogens with zero attached hydrogens (tertiary/aromatic N) is 2. The van der Waals surface area contributed by atoms with Gasteiger partial charge in [-0.2, -0.15) is 0 Å². The van der Waals surface area contributed by atoms with Gasteiger partial charge in [0.1, 0.15) is 7.05 Å². The van der Waals surface area contributed by atoms with Crippen molar-refractivity contribution in [2.45, 2.75) is 12.8 Å². The summed E-state index contributed by atoms with van der Waals surface area (Å²) in [5.74, 6) is 0. The van der Waals surface area contributed by atoms with E-state index >= 15 is 0 Å². The lowest BCUT2D eigenvalue weighted by atomic mass is 10.3. The summed E-state index contributed by atoms with van der Waals surface area (Å²) < 4.78 is 2.07. The lowest BCUT2D eigenvalue weighted by molar-refractivity contribution is -0.671. The van der Waals surface area contributed by atoms with Gasteiger partial charge in [-0.25, -0.2) is 4.57 Å². The zero-order chi connectivity index (χ0) is 8.39. The average Bonchev–Trinajstić information content (AvgIpc) is 2.58. The Balaban J connectivity index is 2.17. The van der Waals surface area contributed by atoms with Crippen LogP contribution in [0.1, 0.15) is 12.8 Å². The quantitative estimate of drug-likeness (QED) is 0.563. The summed E-state index contributed by atoms with van der Waals surface area (Å²) >= 11 is 0. The predicted octanol–water partition coefficient (Wildman–Crippen LogP) is 1.11. The van der Waals surface area contributed by atoms with Crippen molar-refractivity contribution in [1.29, 1.82) is 0 Å². The fourth-order valence-corrected chi connectivity index (χ4v) is 1.68. The number of hydrogen-bond acceptors (Lipinski definition) is 1. The number of aryl methyl sites for hydroxylation is 1. The maximum absolute atomic E-state index is 2.44. The number of aromatic nitrogens is 1. The molecule has 1 aromatic heterocycles. The summed E-state index contributed by atoms with van der Waals surface area (Å²) in [7, 11) is 2.05. The van der Waals surface area contributed by atoms with Gasteiger partial charge in [0, 0.05) is 30.9 Å². The Bertz CT molecular complexity index is 247. The summed E-state index contributed by atoms with van der Waals surface area (Å²) in [5.41, 5.74) is 1.37. The molecule has 0 amide bonds. The van der Waals surface area contributed by atoms with Crippen LogP contribution in [-0.2, 0) is 7.05 Å². The predicted molar refractivity (Wildman–Crippen MR) is 49.1 cm³/mol. The minimum atomic E-state index is 1.23. The van der Waals surface area contributed by atoms with Crippen molar-refractivity contribution in [3.05, 3.63) is 24.5 Å². The van der Waals surface area contributed by atoms with Crippen LogP contribution in [0.4, 0.5) is 5.69 Å². The Hall–Kier alpha value is -1.05. The van der Waals surface area contributed by atoms with Gasteiger partial charge in [-0.3, -0.25) is 0 Å². The standard InChI is InChI=1S/C10H15N2/c1-11-8-4-10(5-9-11)12-6-2-3-7-12/h4-5,8-9H,2-3,6-7H2,1H3/q+1. The number of rotatable bonds is 1. The first kappa shape index (κ1) is 7.59. The molecule has 0 aromatic carbocycles. The topological polar surface area (TPSA) is 7.12 Å². The van der Waals surface area contributed by atoms with Gasteiger partial charge in [0.05, 0.1) is 0 Å². The van der Waals surface area contributed by atoms with E-state index in [1.807, 2.05) is 7.05 Å². The van der Waals surface area contributed by atoms with Crippen LogP contribution in [0.3, 0.4) is 0 Å². The Morgan fingerprint density at radius 2 is 1.75 bits per heavy atom. The first-order valence-corrected chi connectivity index (χ1v) is 4.56. The number of hydrogen-bond donors (Lipinski definition) is 0. The highest BCUT2D eigenvalue weighted by Crippen LogP contribution is 2.17. The molecule has 0 atom stereocenters. The van der Waals surface area contributed by atoms with Crippen LogP contribution in [0.5, 0.6) is 0 Å². The molecule has 2 nitrogen and oxygen atoms in total. The zero-order valence-electron chi connectivity index (χ0n) is 7.53. The normalized spacial score (nSPS) is 16.9. The van der Waals surface area contributed by atoms with E-state index in [2.05, 4.69) is 34.0 Å². The van der Waals surface area contributed by atoms with Gasteiger partial charge < -0.3 is 4.90 Å². The van der Waals surface area contributed by atoms with E-state index in [0.717, 1.165) is 0 Å². The molecular weight excluding hydrogens is 148 g/mol. The molecular formula is C10H15N2+. The lowest BCUT2D eigenvalue weighted by Gasteiger charge is -2.15. The van der Waals surface area contributed by atoms with Crippen molar-refractivity contribution in [2.75, 3.05) is 18.0 Å². The Morgan fingerprint density at radius 1 is 1.17 bits per heavy atom. The molecule has 0 bridgehead atoms. The molecule has 2 heteroatoms. The average molecular weight is 163 g/mol. The van der Waals surface area contributed by atoms with Crippen LogP contribution in [0.2, 0.25) is 0 Å². The van der Waals surface area contributed by atoms with E-state index in [9.17, 15) is 0 Å². The summed E-state index contributed by atoms with van der Waals surface area (Å²) in [4.78, 5) is 2.44. The van der Waals surface area contributed by atoms with E-state index in [-0.39, 0.29) is 0 Å². The van der Waals surface area contributed by atoms with Crippen molar-refractivity contribution in [3.8, 4) is 0 Å². The van der Waals surface area contributed by atoms with Gasteiger partial charge in [-0.15, -0.1) is 0 Å². The molecule has 0 aliphatic carbocycles. The second kappa shape index (κ2) is 3.13. The number of anilines is 1. The molecule has 2 rings (SSSR count). The Labute approximate surface area is 73.4 Å². The summed E-state index contributed by atoms with van der Waals surface area (Å²) in [6, 6.07) is 4.37. The molecule has 1 saturated heterocycles. The molecule has 1 aromatic rings. The van der Waals surface area contributed by atoms with E-state index in [1.54, 1.807) is 0 Å². The van der Waals surface area contributed by atoms with Crippen LogP contribution < -0.4 is 9.47 Å². The third-order valence-electron chi connectivity index (χ3n) is 2.43. The van der Waals surface area contributed by atoms with Crippen LogP contribution >= 0.6 is 0 Å². The zero-order valence-corrected chi connectivity index (χ0v) is 7.53. The van der Waals surface area contributed by atoms with Gasteiger partial charge in [-0.05, 0) is 12.8 Å². The van der Waals surface area contributed by atoms with Crippen molar-refractivity contribution in [3.63, 3.8) is 0 Å². The molecule has 0 saturated carbocycles. The number of pyridine rings is 1. The Kier molecular flexibility index (Phi) is 1.98. The maximum atomic E-state index is 2.44. The highest BCUT2D eigenvalue weighted by atomic mass is 15.1. The van der Waals surface area contributed by atoms with Crippen molar-refractivity contribution in [1.82, 2.24) is 0 Å². The third-order valence-corrected chi connectivity index (χ3v) is 2.43. The molecule has 2 heterocycles. The van der Waals surface area contributed by atoms with E-state index in [0.29, 0.717) is 0 Å². The van der Waals surface area contributed by atoms with Crippen LogP contribution in [0, 0.1) is 0 Å². The highest BCUT2D eigenvalue weighted by Gasteiger charge is 2.12. The third kappa shape index (κ3) is 1.42. The van der Waals surface area contributed by atoms with Crippen molar-refractivity contribution in [2.24, 2.45) is 7.05 Å². The molecule has 64 valence electrons. The highest BCUT2D eigenvalue weighted by molar-refractivity contribution is 5.44. The molecule has 0 spiro atoms. The SMILES string of the molecule is C[n+]1ccc(N2CCCC2)cc1. The minimum Gasteiger partial charge on any atom is -0.371 e. The lowest BCUT2D eigenvalue weighted by Crippen LogP contribution is -2.27. The summed E-state index contributed by atoms with van der Waals surface area (Å²) in [6.07, 6.45) is 6.91. The van der Waals surface area contributed by atoms with Crippen LogP contribution in [0.25, 0.3) is 0 Å². The summed E-state index contributed by atoms with van der Waals surface area (Å²) in [6.45, 7) is 2.46. The van der Waals surface area contributed by atoms with E-state index in [1.165, 1.54) is 31.6 Å². The van der Waals surface area contributed by atoms with Crippen molar-refractivity contribution >= 4 is 5.69 Å². The molecule has 1 aliphatic rings. The fourth-order valence-electron chi connectivity index (χ4n) is 1.68. The first-order chi connectivity index (χ1) is 5.86. The minimum absolute atomic E-state index is 1.23. The van der Waals surface area contributed by atoms with Crippen LogP contribution in [-0.4, -0.2) is 13.1 Å². The second-order valence-electron chi connectivity index (χ2n) is 3.42. The smallest absolute Gasteiger partial charge is 0.170 e. The van der Waals surface area contributed by atoms with E-state index in [4.69, 9.17) is 0 Å². The monoisotopic (exact) mass is 163 g/mol. The molecule has 0 N–H and O–H groups in total. The maximum Gasteiger partial charge on any atom is 0.170 e. The molecule has 0 unspecified atom stereocenters. The van der Waals surface area contributed by atoms with Gasteiger partial charge in [0.15, 0.2) is 12.4 Å². The molecule has 1 aliphatic heterocycles. The summed E-state index contributed by atoms with van der Waals surface area (Å²) in [5, 5.41) is 0. The first-order valence-electron chi connectivity index (χ1n) is 4.56. The Morgan fingerprint density at radius 3 is 2.33 bits per heavy atom. The van der Waals surface area contributed by atoms with Crippen LogP contribution in [0.15, 0.2) is 24.5 Å².